The van der Waals surface area contributed by atoms with Gasteiger partial charge in [0.25, 0.3) is 5.69 Å². The summed E-state index contributed by atoms with van der Waals surface area (Å²) in [6.07, 6.45) is 0.0308. The number of nitrogens with one attached hydrogen (secondary N) is 3. The molecule has 2 aromatic carbocycles. The molecule has 2 heterocycles. The fourth-order valence-electron chi connectivity index (χ4n) is 4.66. The molecule has 10 heteroatoms. The van der Waals surface area contributed by atoms with Gasteiger partial charge in [-0.2, -0.15) is 0 Å². The molecule has 2 aliphatic rings. The Hall–Kier alpha value is -3.21. The Morgan fingerprint density at radius 2 is 1.87 bits per heavy atom. The van der Waals surface area contributed by atoms with Gasteiger partial charge in [0.1, 0.15) is 0 Å². The predicted octanol–water partition coefficient (Wildman–Crippen LogP) is 2.14. The van der Waals surface area contributed by atoms with Crippen molar-refractivity contribution in [3.63, 3.8) is 0 Å². The minimum absolute atomic E-state index is 0.00649. The number of hydrogen-bond donors (Lipinski definition) is 4. The number of carboxylic acid groups (broad SMARTS) is 1. The maximum absolute atomic E-state index is 12.2. The Bertz CT molecular complexity index is 982. The van der Waals surface area contributed by atoms with Crippen molar-refractivity contribution in [3.05, 3.63) is 63.7 Å². The average molecular weight is 428 g/mol. The fourth-order valence-corrected chi connectivity index (χ4v) is 4.66. The molecule has 2 fully saturated rings. The predicted molar refractivity (Wildman–Crippen MR) is 111 cm³/mol. The van der Waals surface area contributed by atoms with Crippen molar-refractivity contribution < 1.29 is 24.3 Å². The van der Waals surface area contributed by atoms with Gasteiger partial charge in [-0.1, -0.05) is 24.3 Å². The number of piperidine rings is 1. The lowest BCUT2D eigenvalue weighted by atomic mass is 9.74. The molecule has 5 atom stereocenters. The highest BCUT2D eigenvalue weighted by Gasteiger charge is 2.49. The quantitative estimate of drug-likeness (QED) is 0.403. The monoisotopic (exact) mass is 428 g/mol. The van der Waals surface area contributed by atoms with Gasteiger partial charge >= 0.3 is 5.97 Å². The molecular weight excluding hydrogens is 404 g/mol. The highest BCUT2D eigenvalue weighted by atomic mass is 16.6. The number of para-hydroxylation sites is 1. The number of rotatable bonds is 6. The first-order chi connectivity index (χ1) is 14.9. The smallest absolute Gasteiger partial charge is 0.307 e. The number of fused-ring (bicyclic) bond motifs is 1. The van der Waals surface area contributed by atoms with Gasteiger partial charge in [-0.25, -0.2) is 10.9 Å². The summed E-state index contributed by atoms with van der Waals surface area (Å²) in [5, 5.41) is 24.5. The Labute approximate surface area is 178 Å². The Balaban J connectivity index is 1.64. The van der Waals surface area contributed by atoms with Gasteiger partial charge in [0.15, 0.2) is 11.5 Å². The van der Waals surface area contributed by atoms with Crippen LogP contribution in [0.25, 0.3) is 0 Å². The molecule has 2 aromatic rings. The minimum atomic E-state index is -0.888. The molecule has 2 saturated heterocycles. The van der Waals surface area contributed by atoms with E-state index in [1.54, 1.807) is 32.4 Å². The zero-order valence-corrected chi connectivity index (χ0v) is 17.1. The largest absolute Gasteiger partial charge is 0.493 e. The summed E-state index contributed by atoms with van der Waals surface area (Å²) in [6.45, 7) is 0. The van der Waals surface area contributed by atoms with Crippen molar-refractivity contribution in [3.8, 4) is 11.5 Å². The lowest BCUT2D eigenvalue weighted by Gasteiger charge is -2.39. The molecule has 0 amide bonds. The number of carboxylic acids is 1. The molecule has 0 aliphatic carbocycles. The third-order valence-electron chi connectivity index (χ3n) is 6.09. The molecule has 5 unspecified atom stereocenters. The number of non-ortho nitro benzene ring substituents is 1. The summed E-state index contributed by atoms with van der Waals surface area (Å²) in [5.74, 6) is -0.692. The molecule has 0 radical (unpaired) electrons. The number of hydrazine groups is 1. The van der Waals surface area contributed by atoms with E-state index in [4.69, 9.17) is 9.47 Å². The molecule has 0 spiro atoms. The maximum Gasteiger partial charge on any atom is 0.307 e. The topological polar surface area (TPSA) is 135 Å². The average Bonchev–Trinajstić information content (AvgIpc) is 3.21. The van der Waals surface area contributed by atoms with Gasteiger partial charge in [-0.3, -0.25) is 20.2 Å². The van der Waals surface area contributed by atoms with Crippen LogP contribution in [0.2, 0.25) is 0 Å². The first kappa shape index (κ1) is 21.0. The van der Waals surface area contributed by atoms with E-state index in [0.29, 0.717) is 17.9 Å². The molecule has 0 bridgehead atoms. The number of methoxy groups -OCH3 is 2. The number of ether oxygens (including phenoxy) is 2. The van der Waals surface area contributed by atoms with E-state index < -0.39 is 16.8 Å². The highest BCUT2D eigenvalue weighted by molar-refractivity contribution is 5.71. The molecule has 31 heavy (non-hydrogen) atoms. The van der Waals surface area contributed by atoms with Crippen LogP contribution in [0.5, 0.6) is 11.5 Å². The van der Waals surface area contributed by atoms with E-state index in [0.717, 1.165) is 11.1 Å². The zero-order chi connectivity index (χ0) is 22.1. The normalized spacial score (nSPS) is 27.4. The Morgan fingerprint density at radius 3 is 2.48 bits per heavy atom. The number of aliphatic carboxylic acids is 1. The van der Waals surface area contributed by atoms with Gasteiger partial charge in [0.2, 0.25) is 0 Å². The summed E-state index contributed by atoms with van der Waals surface area (Å²) in [7, 11) is 3.12. The number of hydrogen-bond acceptors (Lipinski definition) is 8. The molecule has 0 aromatic heterocycles. The summed E-state index contributed by atoms with van der Waals surface area (Å²) < 4.78 is 10.9. The van der Waals surface area contributed by atoms with Crippen molar-refractivity contribution in [1.82, 2.24) is 16.2 Å². The van der Waals surface area contributed by atoms with Gasteiger partial charge < -0.3 is 14.6 Å². The SMILES string of the molecule is COc1cccc(C2CC(C(=O)O)C3C(NNC3c3ccc([N+](=O)[O-])cc3)N2)c1OC. The first-order valence-electron chi connectivity index (χ1n) is 9.89. The fraction of sp³-hybridized carbons (Fsp3) is 0.381. The van der Waals surface area contributed by atoms with Crippen LogP contribution in [0.3, 0.4) is 0 Å². The molecule has 10 nitrogen and oxygen atoms in total. The van der Waals surface area contributed by atoms with E-state index in [1.165, 1.54) is 12.1 Å². The van der Waals surface area contributed by atoms with Crippen LogP contribution in [-0.2, 0) is 4.79 Å². The van der Waals surface area contributed by atoms with Crippen LogP contribution >= 0.6 is 0 Å². The maximum atomic E-state index is 12.2. The zero-order valence-electron chi connectivity index (χ0n) is 17.1. The minimum Gasteiger partial charge on any atom is -0.493 e. The summed E-state index contributed by atoms with van der Waals surface area (Å²) >= 11 is 0. The standard InChI is InChI=1S/C21H24N4O6/c1-30-16-5-3-4-13(19(16)31-2)15-10-14(21(26)27)17-18(23-24-20(17)22-15)11-6-8-12(9-7-11)25(28)29/h3-9,14-15,17-18,20,22-24H,10H2,1-2H3,(H,26,27). The van der Waals surface area contributed by atoms with Crippen LogP contribution in [0.15, 0.2) is 42.5 Å². The third-order valence-corrected chi connectivity index (χ3v) is 6.09. The van der Waals surface area contributed by atoms with Crippen molar-refractivity contribution in [2.24, 2.45) is 11.8 Å². The number of carbonyl (C=O) groups is 1. The summed E-state index contributed by atoms with van der Waals surface area (Å²) in [6, 6.07) is 11.1. The Morgan fingerprint density at radius 1 is 1.13 bits per heavy atom. The molecule has 164 valence electrons. The second-order valence-corrected chi connectivity index (χ2v) is 7.65. The summed E-state index contributed by atoms with van der Waals surface area (Å²) in [5.41, 5.74) is 7.94. The van der Waals surface area contributed by atoms with Crippen LogP contribution in [-0.4, -0.2) is 36.4 Å². The third kappa shape index (κ3) is 3.80. The van der Waals surface area contributed by atoms with Crippen LogP contribution in [0, 0.1) is 22.0 Å². The van der Waals surface area contributed by atoms with Gasteiger partial charge in [0, 0.05) is 29.7 Å². The van der Waals surface area contributed by atoms with E-state index >= 15 is 0 Å². The molecule has 0 saturated carbocycles. The second-order valence-electron chi connectivity index (χ2n) is 7.65. The van der Waals surface area contributed by atoms with Gasteiger partial charge in [-0.15, -0.1) is 0 Å². The number of nitrogens with zero attached hydrogens (tertiary/aromatic N) is 1. The molecule has 4 N–H and O–H groups in total. The van der Waals surface area contributed by atoms with E-state index in [1.807, 2.05) is 12.1 Å². The van der Waals surface area contributed by atoms with Gasteiger partial charge in [0.05, 0.1) is 37.3 Å². The van der Waals surface area contributed by atoms with Crippen molar-refractivity contribution >= 4 is 11.7 Å². The Kier molecular flexibility index (Phi) is 5.77. The van der Waals surface area contributed by atoms with Crippen LogP contribution < -0.4 is 25.6 Å². The molecule has 2 aliphatic heterocycles. The van der Waals surface area contributed by atoms with E-state index in [9.17, 15) is 20.0 Å². The second kappa shape index (κ2) is 8.50. The van der Waals surface area contributed by atoms with E-state index in [-0.39, 0.29) is 29.9 Å². The number of nitro benzene ring substituents is 1. The van der Waals surface area contributed by atoms with Crippen LogP contribution in [0.1, 0.15) is 29.6 Å². The van der Waals surface area contributed by atoms with Crippen LogP contribution in [0.4, 0.5) is 5.69 Å². The first-order valence-corrected chi connectivity index (χ1v) is 9.89. The summed E-state index contributed by atoms with van der Waals surface area (Å²) in [4.78, 5) is 22.7. The highest BCUT2D eigenvalue weighted by Crippen LogP contribution is 2.45. The van der Waals surface area contributed by atoms with Crippen molar-refractivity contribution in [1.29, 1.82) is 0 Å². The lowest BCUT2D eigenvalue weighted by Crippen LogP contribution is -2.53. The lowest BCUT2D eigenvalue weighted by molar-refractivity contribution is -0.384. The molecule has 4 rings (SSSR count). The van der Waals surface area contributed by atoms with Crippen molar-refractivity contribution in [2.45, 2.75) is 24.7 Å². The van der Waals surface area contributed by atoms with Gasteiger partial charge in [-0.05, 0) is 18.1 Å². The van der Waals surface area contributed by atoms with Crippen molar-refractivity contribution in [2.75, 3.05) is 14.2 Å². The molecular formula is C21H24N4O6. The number of nitro groups is 1. The number of benzene rings is 2. The van der Waals surface area contributed by atoms with E-state index in [2.05, 4.69) is 16.2 Å².